The van der Waals surface area contributed by atoms with E-state index in [9.17, 15) is 13.7 Å². The average Bonchev–Trinajstić information content (AvgIpc) is 3.06. The number of carbonyl (C=O) groups excluding carboxylic acids is 1. The molecule has 1 unspecified atom stereocenters. The molecule has 10 heteroatoms. The van der Waals surface area contributed by atoms with Crippen molar-refractivity contribution in [2.45, 2.75) is 58.2 Å². The molecule has 3 rings (SSSR count). The van der Waals surface area contributed by atoms with E-state index < -0.39 is 33.3 Å². The third-order valence-corrected chi connectivity index (χ3v) is 6.97. The molecule has 0 aliphatic heterocycles. The summed E-state index contributed by atoms with van der Waals surface area (Å²) in [5, 5.41) is 3.81. The van der Waals surface area contributed by atoms with E-state index in [-0.39, 0.29) is 28.9 Å². The van der Waals surface area contributed by atoms with Crippen LogP contribution in [-0.2, 0) is 16.9 Å². The molecule has 2 atom stereocenters. The fourth-order valence-corrected chi connectivity index (χ4v) is 4.36. The highest BCUT2D eigenvalue weighted by atomic mass is 32.2. The summed E-state index contributed by atoms with van der Waals surface area (Å²) >= 11 is -1.67. The fourth-order valence-electron chi connectivity index (χ4n) is 3.47. The Morgan fingerprint density at radius 3 is 2.30 bits per heavy atom. The quantitative estimate of drug-likeness (QED) is 0.394. The molecule has 176 valence electrons. The van der Waals surface area contributed by atoms with Gasteiger partial charge in [-0.25, -0.2) is 18.7 Å². The molecule has 2 heterocycles. The SMILES string of the molecule is Cc1noc(C)c1C(=O)C[C@](C)(N[S+]([O-])C(C)(C)C)c1cc(-c2cncnc2)c(F)cc1F. The molecule has 0 saturated carbocycles. The van der Waals surface area contributed by atoms with E-state index in [2.05, 4.69) is 19.8 Å². The molecule has 33 heavy (non-hydrogen) atoms. The lowest BCUT2D eigenvalue weighted by Crippen LogP contribution is -2.51. The van der Waals surface area contributed by atoms with Gasteiger partial charge in [-0.1, -0.05) is 5.16 Å². The first-order chi connectivity index (χ1) is 15.3. The van der Waals surface area contributed by atoms with Gasteiger partial charge in [-0.15, -0.1) is 4.72 Å². The van der Waals surface area contributed by atoms with Crippen molar-refractivity contribution in [3.05, 3.63) is 65.1 Å². The number of Topliss-reactive ketones (excluding diaryl/α,β-unsaturated/α-hetero) is 1. The van der Waals surface area contributed by atoms with E-state index >= 15 is 4.39 Å². The molecule has 0 fully saturated rings. The molecule has 3 aromatic rings. The fraction of sp³-hybridized carbons (Fsp3) is 0.391. The summed E-state index contributed by atoms with van der Waals surface area (Å²) in [6, 6.07) is 2.05. The molecule has 0 spiro atoms. The summed E-state index contributed by atoms with van der Waals surface area (Å²) in [7, 11) is 0. The van der Waals surface area contributed by atoms with Gasteiger partial charge >= 0.3 is 0 Å². The van der Waals surface area contributed by atoms with Crippen molar-refractivity contribution in [3.8, 4) is 11.1 Å². The zero-order chi connectivity index (χ0) is 24.6. The molecule has 0 radical (unpaired) electrons. The minimum atomic E-state index is -1.67. The number of carbonyl (C=O) groups is 1. The maximum absolute atomic E-state index is 15.2. The Labute approximate surface area is 194 Å². The van der Waals surface area contributed by atoms with Gasteiger partial charge in [0.2, 0.25) is 0 Å². The van der Waals surface area contributed by atoms with Crippen LogP contribution in [0.4, 0.5) is 8.78 Å². The van der Waals surface area contributed by atoms with E-state index in [4.69, 9.17) is 4.52 Å². The van der Waals surface area contributed by atoms with Crippen molar-refractivity contribution in [1.29, 1.82) is 0 Å². The normalized spacial score (nSPS) is 14.7. The summed E-state index contributed by atoms with van der Waals surface area (Å²) in [4.78, 5) is 21.0. The lowest BCUT2D eigenvalue weighted by atomic mass is 9.84. The van der Waals surface area contributed by atoms with Crippen molar-refractivity contribution in [2.75, 3.05) is 0 Å². The number of benzene rings is 1. The molecular weight excluding hydrogens is 450 g/mol. The van der Waals surface area contributed by atoms with Crippen LogP contribution in [0.2, 0.25) is 0 Å². The van der Waals surface area contributed by atoms with Crippen LogP contribution in [0.25, 0.3) is 11.1 Å². The molecule has 1 aromatic carbocycles. The summed E-state index contributed by atoms with van der Waals surface area (Å²) in [5.41, 5.74) is -0.380. The Kier molecular flexibility index (Phi) is 7.01. The zero-order valence-electron chi connectivity index (χ0n) is 19.3. The lowest BCUT2D eigenvalue weighted by molar-refractivity contribution is 0.0947. The van der Waals surface area contributed by atoms with Crippen LogP contribution in [0.3, 0.4) is 0 Å². The van der Waals surface area contributed by atoms with E-state index in [0.717, 1.165) is 6.07 Å². The number of hydrogen-bond donors (Lipinski definition) is 1. The van der Waals surface area contributed by atoms with Crippen LogP contribution in [0.5, 0.6) is 0 Å². The van der Waals surface area contributed by atoms with Gasteiger partial charge in [-0.2, -0.15) is 0 Å². The monoisotopic (exact) mass is 476 g/mol. The number of nitrogens with zero attached hydrogens (tertiary/aromatic N) is 3. The van der Waals surface area contributed by atoms with Crippen LogP contribution in [0.1, 0.15) is 61.5 Å². The highest BCUT2D eigenvalue weighted by molar-refractivity contribution is 7.90. The maximum atomic E-state index is 15.2. The summed E-state index contributed by atoms with van der Waals surface area (Å²) in [6.45, 7) is 10.1. The Hall–Kier alpha value is -2.69. The van der Waals surface area contributed by atoms with E-state index in [1.807, 2.05) is 0 Å². The Morgan fingerprint density at radius 2 is 1.76 bits per heavy atom. The predicted molar refractivity (Wildman–Crippen MR) is 121 cm³/mol. The first-order valence-corrected chi connectivity index (χ1v) is 11.4. The molecule has 2 aromatic heterocycles. The number of halogens is 2. The van der Waals surface area contributed by atoms with Crippen molar-refractivity contribution >= 4 is 17.1 Å². The molecule has 0 aliphatic rings. The minimum absolute atomic E-state index is 0.0135. The topological polar surface area (TPSA) is 104 Å². The molecule has 0 saturated heterocycles. The number of ketones is 1. The molecule has 0 bridgehead atoms. The maximum Gasteiger partial charge on any atom is 0.170 e. The van der Waals surface area contributed by atoms with E-state index in [1.165, 1.54) is 24.8 Å². The standard InChI is InChI=1S/C23H26F2N4O3S/c1-13-21(14(2)32-28-13)20(30)9-23(6,29-33(31)22(3,4)5)17-7-16(18(24)8-19(17)25)15-10-26-12-27-11-15/h7-8,10-12,29H,9H2,1-6H3/t23-,33?/m0/s1. The first kappa shape index (κ1) is 24.9. The Morgan fingerprint density at radius 1 is 1.12 bits per heavy atom. The van der Waals surface area contributed by atoms with Crippen molar-refractivity contribution in [3.63, 3.8) is 0 Å². The van der Waals surface area contributed by atoms with E-state index in [0.29, 0.717) is 17.0 Å². The molecule has 7 nitrogen and oxygen atoms in total. The summed E-state index contributed by atoms with van der Waals surface area (Å²) < 4.78 is 50.2. The van der Waals surface area contributed by atoms with Crippen molar-refractivity contribution in [2.24, 2.45) is 0 Å². The molecule has 0 amide bonds. The van der Waals surface area contributed by atoms with Gasteiger partial charge in [0, 0.05) is 52.9 Å². The van der Waals surface area contributed by atoms with Crippen LogP contribution in [0, 0.1) is 25.5 Å². The second-order valence-corrected chi connectivity index (χ2v) is 11.0. The lowest BCUT2D eigenvalue weighted by Gasteiger charge is -2.35. The van der Waals surface area contributed by atoms with Gasteiger partial charge in [0.1, 0.15) is 28.5 Å². The van der Waals surface area contributed by atoms with Crippen molar-refractivity contribution < 1.29 is 22.7 Å². The summed E-state index contributed by atoms with van der Waals surface area (Å²) in [5.74, 6) is -1.72. The molecular formula is C23H26F2N4O3S. The van der Waals surface area contributed by atoms with Crippen LogP contribution in [-0.4, -0.2) is 30.2 Å². The van der Waals surface area contributed by atoms with Gasteiger partial charge in [0.05, 0.1) is 16.8 Å². The largest absolute Gasteiger partial charge is 0.598 e. The van der Waals surface area contributed by atoms with Gasteiger partial charge in [0.15, 0.2) is 5.78 Å². The third kappa shape index (κ3) is 5.29. The third-order valence-electron chi connectivity index (χ3n) is 5.22. The smallest absolute Gasteiger partial charge is 0.170 e. The van der Waals surface area contributed by atoms with Gasteiger partial charge < -0.3 is 9.08 Å². The van der Waals surface area contributed by atoms with Crippen molar-refractivity contribution in [1.82, 2.24) is 19.8 Å². The number of aryl methyl sites for hydroxylation is 2. The molecule has 0 aliphatic carbocycles. The Balaban J connectivity index is 2.14. The minimum Gasteiger partial charge on any atom is -0.598 e. The second-order valence-electron chi connectivity index (χ2n) is 9.05. The number of hydrogen-bond acceptors (Lipinski definition) is 7. The van der Waals surface area contributed by atoms with E-state index in [1.54, 1.807) is 41.5 Å². The van der Waals surface area contributed by atoms with Crippen LogP contribution in [0.15, 0.2) is 35.4 Å². The Bertz CT molecular complexity index is 1150. The number of nitrogens with one attached hydrogen (secondary N) is 1. The second kappa shape index (κ2) is 9.28. The van der Waals surface area contributed by atoms with Crippen LogP contribution < -0.4 is 4.72 Å². The van der Waals surface area contributed by atoms with Gasteiger partial charge in [0.25, 0.3) is 0 Å². The number of aromatic nitrogens is 3. The summed E-state index contributed by atoms with van der Waals surface area (Å²) in [6.07, 6.45) is 3.83. The number of rotatable bonds is 7. The van der Waals surface area contributed by atoms with Crippen LogP contribution >= 0.6 is 0 Å². The van der Waals surface area contributed by atoms with Gasteiger partial charge in [-0.3, -0.25) is 4.79 Å². The average molecular weight is 477 g/mol. The predicted octanol–water partition coefficient (Wildman–Crippen LogP) is 4.57. The highest BCUT2D eigenvalue weighted by Gasteiger charge is 2.41. The first-order valence-electron chi connectivity index (χ1n) is 10.2. The van der Waals surface area contributed by atoms with Gasteiger partial charge in [-0.05, 0) is 47.6 Å². The zero-order valence-corrected chi connectivity index (χ0v) is 20.1. The highest BCUT2D eigenvalue weighted by Crippen LogP contribution is 2.36. The molecule has 1 N–H and O–H groups in total.